The third-order valence-corrected chi connectivity index (χ3v) is 3.47. The Kier molecular flexibility index (Phi) is 4.76. The Morgan fingerprint density at radius 3 is 2.32 bits per heavy atom. The van der Waals surface area contributed by atoms with Gasteiger partial charge in [-0.3, -0.25) is 0 Å². The van der Waals surface area contributed by atoms with Crippen LogP contribution < -0.4 is 10.5 Å². The molecule has 0 saturated heterocycles. The van der Waals surface area contributed by atoms with E-state index >= 15 is 0 Å². The fourth-order valence-electron chi connectivity index (χ4n) is 2.30. The molecule has 0 heterocycles. The Morgan fingerprint density at radius 1 is 1.14 bits per heavy atom. The predicted molar refractivity (Wildman–Crippen MR) is 79.6 cm³/mol. The number of hydrogen-bond acceptors (Lipinski definition) is 2. The maximum Gasteiger partial charge on any atom is 0.416 e. The zero-order valence-electron chi connectivity index (χ0n) is 12.4. The van der Waals surface area contributed by atoms with Crippen molar-refractivity contribution in [2.75, 3.05) is 0 Å². The van der Waals surface area contributed by atoms with Gasteiger partial charge in [-0.05, 0) is 42.7 Å². The Balaban J connectivity index is 2.33. The van der Waals surface area contributed by atoms with Gasteiger partial charge in [-0.25, -0.2) is 0 Å². The minimum atomic E-state index is -4.43. The molecule has 22 heavy (non-hydrogen) atoms. The normalized spacial score (nSPS) is 13.0. The third kappa shape index (κ3) is 3.80. The topological polar surface area (TPSA) is 35.2 Å². The van der Waals surface area contributed by atoms with Crippen LogP contribution >= 0.6 is 0 Å². The molecular formula is C17H18F3NO. The van der Waals surface area contributed by atoms with Crippen molar-refractivity contribution in [2.24, 2.45) is 5.73 Å². The van der Waals surface area contributed by atoms with Crippen molar-refractivity contribution in [3.8, 4) is 5.75 Å². The van der Waals surface area contributed by atoms with Crippen molar-refractivity contribution >= 4 is 0 Å². The van der Waals surface area contributed by atoms with Crippen molar-refractivity contribution in [2.45, 2.75) is 32.7 Å². The summed E-state index contributed by atoms with van der Waals surface area (Å²) in [7, 11) is 0. The Morgan fingerprint density at radius 2 is 1.77 bits per heavy atom. The maximum absolute atomic E-state index is 13.1. The number of rotatable bonds is 4. The summed E-state index contributed by atoms with van der Waals surface area (Å²) < 4.78 is 44.9. The minimum absolute atomic E-state index is 0.148. The SMILES string of the molecule is Cc1c([C@@H](C)N)cc(OCc2ccccc2)cc1C(F)(F)F. The van der Waals surface area contributed by atoms with E-state index in [1.807, 2.05) is 30.3 Å². The minimum Gasteiger partial charge on any atom is -0.489 e. The lowest BCUT2D eigenvalue weighted by molar-refractivity contribution is -0.138. The van der Waals surface area contributed by atoms with Gasteiger partial charge in [0.1, 0.15) is 12.4 Å². The van der Waals surface area contributed by atoms with Crippen LogP contribution in [0.3, 0.4) is 0 Å². The van der Waals surface area contributed by atoms with E-state index in [-0.39, 0.29) is 17.9 Å². The fraction of sp³-hybridized carbons (Fsp3) is 0.294. The monoisotopic (exact) mass is 309 g/mol. The molecule has 2 rings (SSSR count). The molecule has 0 aliphatic rings. The van der Waals surface area contributed by atoms with E-state index in [4.69, 9.17) is 10.5 Å². The van der Waals surface area contributed by atoms with Crippen LogP contribution in [0, 0.1) is 6.92 Å². The highest BCUT2D eigenvalue weighted by atomic mass is 19.4. The molecule has 0 bridgehead atoms. The summed E-state index contributed by atoms with van der Waals surface area (Å²) in [5, 5.41) is 0. The molecule has 1 atom stereocenters. The van der Waals surface area contributed by atoms with Crippen LogP contribution in [0.5, 0.6) is 5.75 Å². The van der Waals surface area contributed by atoms with E-state index in [9.17, 15) is 13.2 Å². The van der Waals surface area contributed by atoms with Crippen molar-refractivity contribution in [1.82, 2.24) is 0 Å². The van der Waals surface area contributed by atoms with Gasteiger partial charge in [0.25, 0.3) is 0 Å². The van der Waals surface area contributed by atoms with Gasteiger partial charge in [-0.1, -0.05) is 30.3 Å². The highest BCUT2D eigenvalue weighted by Gasteiger charge is 2.34. The van der Waals surface area contributed by atoms with Gasteiger partial charge in [-0.15, -0.1) is 0 Å². The Labute approximate surface area is 127 Å². The molecule has 0 aliphatic heterocycles. The molecule has 0 fully saturated rings. The number of benzene rings is 2. The van der Waals surface area contributed by atoms with Crippen LogP contribution in [0.4, 0.5) is 13.2 Å². The molecule has 0 aromatic heterocycles. The second kappa shape index (κ2) is 6.40. The largest absolute Gasteiger partial charge is 0.489 e. The molecule has 2 aromatic carbocycles. The summed E-state index contributed by atoms with van der Waals surface area (Å²) in [5.74, 6) is 0.175. The van der Waals surface area contributed by atoms with Crippen LogP contribution in [0.1, 0.15) is 35.2 Å². The predicted octanol–water partition coefficient (Wildman–Crippen LogP) is 4.61. The lowest BCUT2D eigenvalue weighted by Crippen LogP contribution is -2.14. The number of ether oxygens (including phenoxy) is 1. The van der Waals surface area contributed by atoms with Crippen LogP contribution in [0.2, 0.25) is 0 Å². The molecular weight excluding hydrogens is 291 g/mol. The van der Waals surface area contributed by atoms with Crippen molar-refractivity contribution < 1.29 is 17.9 Å². The average Bonchev–Trinajstić information content (AvgIpc) is 2.45. The molecule has 0 saturated carbocycles. The molecule has 2 aromatic rings. The Bertz CT molecular complexity index is 636. The first-order valence-corrected chi connectivity index (χ1v) is 6.93. The number of hydrogen-bond donors (Lipinski definition) is 1. The first-order valence-electron chi connectivity index (χ1n) is 6.93. The molecule has 0 spiro atoms. The quantitative estimate of drug-likeness (QED) is 0.895. The second-order valence-corrected chi connectivity index (χ2v) is 5.25. The lowest BCUT2D eigenvalue weighted by Gasteiger charge is -2.19. The molecule has 0 radical (unpaired) electrons. The molecule has 5 heteroatoms. The van der Waals surface area contributed by atoms with Gasteiger partial charge in [0.15, 0.2) is 0 Å². The highest BCUT2D eigenvalue weighted by Crippen LogP contribution is 2.37. The summed E-state index contributed by atoms with van der Waals surface area (Å²) in [5.41, 5.74) is 6.55. The summed E-state index contributed by atoms with van der Waals surface area (Å²) in [6.45, 7) is 3.30. The average molecular weight is 309 g/mol. The van der Waals surface area contributed by atoms with E-state index in [2.05, 4.69) is 0 Å². The van der Waals surface area contributed by atoms with Gasteiger partial charge in [0.2, 0.25) is 0 Å². The summed E-state index contributed by atoms with van der Waals surface area (Å²) in [6.07, 6.45) is -4.43. The number of nitrogens with two attached hydrogens (primary N) is 1. The first-order chi connectivity index (χ1) is 10.3. The van der Waals surface area contributed by atoms with Crippen LogP contribution in [0.15, 0.2) is 42.5 Å². The van der Waals surface area contributed by atoms with Crippen molar-refractivity contribution in [3.05, 3.63) is 64.7 Å². The fourth-order valence-corrected chi connectivity index (χ4v) is 2.30. The smallest absolute Gasteiger partial charge is 0.416 e. The standard InChI is InChI=1S/C17H18F3NO/c1-11-15(12(2)21)8-14(9-16(11)17(18,19)20)22-10-13-6-4-3-5-7-13/h3-9,12H,10,21H2,1-2H3/t12-/m1/s1. The zero-order chi connectivity index (χ0) is 16.3. The van der Waals surface area contributed by atoms with E-state index in [1.165, 1.54) is 6.92 Å². The van der Waals surface area contributed by atoms with Gasteiger partial charge < -0.3 is 10.5 Å². The second-order valence-electron chi connectivity index (χ2n) is 5.25. The Hall–Kier alpha value is -2.01. The molecule has 0 unspecified atom stereocenters. The number of alkyl halides is 3. The molecule has 2 N–H and O–H groups in total. The van der Waals surface area contributed by atoms with Gasteiger partial charge in [-0.2, -0.15) is 13.2 Å². The first kappa shape index (κ1) is 16.4. The molecule has 0 aliphatic carbocycles. The lowest BCUT2D eigenvalue weighted by atomic mass is 9.97. The van der Waals surface area contributed by atoms with Gasteiger partial charge in [0.05, 0.1) is 5.56 Å². The molecule has 2 nitrogen and oxygen atoms in total. The van der Waals surface area contributed by atoms with E-state index < -0.39 is 17.8 Å². The van der Waals surface area contributed by atoms with Crippen molar-refractivity contribution in [1.29, 1.82) is 0 Å². The maximum atomic E-state index is 13.1. The van der Waals surface area contributed by atoms with Crippen molar-refractivity contribution in [3.63, 3.8) is 0 Å². The number of halogens is 3. The third-order valence-electron chi connectivity index (χ3n) is 3.47. The zero-order valence-corrected chi connectivity index (χ0v) is 12.4. The van der Waals surface area contributed by atoms with E-state index in [1.54, 1.807) is 13.0 Å². The van der Waals surface area contributed by atoms with E-state index in [0.717, 1.165) is 11.6 Å². The van der Waals surface area contributed by atoms with Gasteiger partial charge >= 0.3 is 6.18 Å². The summed E-state index contributed by atoms with van der Waals surface area (Å²) in [6, 6.07) is 11.4. The van der Waals surface area contributed by atoms with Crippen LogP contribution in [-0.2, 0) is 12.8 Å². The van der Waals surface area contributed by atoms with Crippen LogP contribution in [0.25, 0.3) is 0 Å². The van der Waals surface area contributed by atoms with Crippen LogP contribution in [-0.4, -0.2) is 0 Å². The molecule has 0 amide bonds. The highest BCUT2D eigenvalue weighted by molar-refractivity contribution is 5.44. The molecule has 118 valence electrons. The van der Waals surface area contributed by atoms with Gasteiger partial charge in [0, 0.05) is 6.04 Å². The summed E-state index contributed by atoms with van der Waals surface area (Å²) in [4.78, 5) is 0. The summed E-state index contributed by atoms with van der Waals surface area (Å²) >= 11 is 0. The van der Waals surface area contributed by atoms with E-state index in [0.29, 0.717) is 5.56 Å².